The van der Waals surface area contributed by atoms with Gasteiger partial charge in [-0.25, -0.2) is 4.98 Å². The van der Waals surface area contributed by atoms with Crippen LogP contribution in [0.1, 0.15) is 22.6 Å². The highest BCUT2D eigenvalue weighted by molar-refractivity contribution is 7.98. The number of pyridine rings is 1. The minimum absolute atomic E-state index is 0.397. The summed E-state index contributed by atoms with van der Waals surface area (Å²) in [6.45, 7) is 6.83. The summed E-state index contributed by atoms with van der Waals surface area (Å²) in [4.78, 5) is 13.3. The number of furan rings is 1. The molecule has 0 bridgehead atoms. The molecule has 0 saturated heterocycles. The molecular formula is C21H24N4O2S. The number of hydrogen-bond donors (Lipinski definition) is 1. The van der Waals surface area contributed by atoms with E-state index in [0.717, 1.165) is 40.6 Å². The van der Waals surface area contributed by atoms with Crippen molar-refractivity contribution in [2.24, 2.45) is 0 Å². The number of nitrogens with zero attached hydrogens (tertiary/aromatic N) is 3. The van der Waals surface area contributed by atoms with E-state index >= 15 is 0 Å². The summed E-state index contributed by atoms with van der Waals surface area (Å²) in [5.74, 6) is 3.89. The SMILES string of the molecule is C=CCOc1nc(NCCSCc2ccco2)ncc1Cc1ccc(C)nc1. The molecule has 0 atom stereocenters. The van der Waals surface area contributed by atoms with E-state index in [4.69, 9.17) is 9.15 Å². The van der Waals surface area contributed by atoms with Crippen molar-refractivity contribution in [1.29, 1.82) is 0 Å². The maximum Gasteiger partial charge on any atom is 0.225 e. The maximum atomic E-state index is 5.75. The van der Waals surface area contributed by atoms with Crippen LogP contribution in [0.15, 0.2) is 60.0 Å². The van der Waals surface area contributed by atoms with Gasteiger partial charge in [-0.3, -0.25) is 4.98 Å². The highest BCUT2D eigenvalue weighted by atomic mass is 32.2. The summed E-state index contributed by atoms with van der Waals surface area (Å²) in [7, 11) is 0. The van der Waals surface area contributed by atoms with Gasteiger partial charge in [0, 0.05) is 42.4 Å². The van der Waals surface area contributed by atoms with Gasteiger partial charge in [0.05, 0.1) is 12.0 Å². The number of hydrogen-bond acceptors (Lipinski definition) is 7. The third kappa shape index (κ3) is 6.13. The highest BCUT2D eigenvalue weighted by Gasteiger charge is 2.10. The van der Waals surface area contributed by atoms with E-state index in [9.17, 15) is 0 Å². The van der Waals surface area contributed by atoms with Crippen LogP contribution < -0.4 is 10.1 Å². The smallest absolute Gasteiger partial charge is 0.225 e. The molecule has 0 saturated carbocycles. The topological polar surface area (TPSA) is 73.1 Å². The lowest BCUT2D eigenvalue weighted by Gasteiger charge is -2.11. The van der Waals surface area contributed by atoms with Crippen molar-refractivity contribution in [1.82, 2.24) is 15.0 Å². The number of rotatable bonds is 11. The van der Waals surface area contributed by atoms with Gasteiger partial charge in [0.2, 0.25) is 11.8 Å². The molecule has 0 unspecified atom stereocenters. The van der Waals surface area contributed by atoms with Crippen molar-refractivity contribution in [2.45, 2.75) is 19.1 Å². The number of anilines is 1. The van der Waals surface area contributed by atoms with E-state index in [1.165, 1.54) is 0 Å². The van der Waals surface area contributed by atoms with Crippen molar-refractivity contribution in [3.8, 4) is 5.88 Å². The first-order valence-electron chi connectivity index (χ1n) is 9.09. The fraction of sp³-hybridized carbons (Fsp3) is 0.286. The van der Waals surface area contributed by atoms with Gasteiger partial charge in [-0.2, -0.15) is 16.7 Å². The molecule has 0 aliphatic carbocycles. The Hall–Kier alpha value is -2.80. The fourth-order valence-electron chi connectivity index (χ4n) is 2.49. The zero-order chi connectivity index (χ0) is 19.6. The molecule has 0 radical (unpaired) electrons. The Labute approximate surface area is 169 Å². The lowest BCUT2D eigenvalue weighted by molar-refractivity contribution is 0.344. The summed E-state index contributed by atoms with van der Waals surface area (Å²) in [5.41, 5.74) is 3.01. The zero-order valence-corrected chi connectivity index (χ0v) is 16.7. The second kappa shape index (κ2) is 10.5. The molecule has 0 fully saturated rings. The van der Waals surface area contributed by atoms with Crippen molar-refractivity contribution in [3.63, 3.8) is 0 Å². The van der Waals surface area contributed by atoms with Gasteiger partial charge >= 0.3 is 0 Å². The number of thioether (sulfide) groups is 1. The monoisotopic (exact) mass is 396 g/mol. The summed E-state index contributed by atoms with van der Waals surface area (Å²) in [5, 5.41) is 3.25. The normalized spacial score (nSPS) is 10.6. The third-order valence-electron chi connectivity index (χ3n) is 3.88. The van der Waals surface area contributed by atoms with Crippen LogP contribution in [0.3, 0.4) is 0 Å². The molecule has 0 amide bonds. The molecule has 3 aromatic heterocycles. The summed E-state index contributed by atoms with van der Waals surface area (Å²) >= 11 is 1.79. The first-order valence-corrected chi connectivity index (χ1v) is 10.2. The van der Waals surface area contributed by atoms with Crippen molar-refractivity contribution in [3.05, 3.63) is 78.2 Å². The Balaban J connectivity index is 1.57. The zero-order valence-electron chi connectivity index (χ0n) is 15.9. The summed E-state index contributed by atoms with van der Waals surface area (Å²) in [6, 6.07) is 7.94. The molecule has 0 spiro atoms. The fourth-order valence-corrected chi connectivity index (χ4v) is 3.24. The predicted octanol–water partition coefficient (Wildman–Crippen LogP) is 4.27. The Morgan fingerprint density at radius 1 is 1.25 bits per heavy atom. The van der Waals surface area contributed by atoms with E-state index in [-0.39, 0.29) is 0 Å². The molecule has 3 heterocycles. The molecule has 3 rings (SSSR count). The van der Waals surface area contributed by atoms with Crippen molar-refractivity contribution >= 4 is 17.7 Å². The lowest BCUT2D eigenvalue weighted by atomic mass is 10.1. The van der Waals surface area contributed by atoms with Crippen LogP contribution in [0.4, 0.5) is 5.95 Å². The van der Waals surface area contributed by atoms with Gasteiger partial charge in [0.25, 0.3) is 0 Å². The van der Waals surface area contributed by atoms with E-state index in [2.05, 4.69) is 32.9 Å². The van der Waals surface area contributed by atoms with Gasteiger partial charge in [0.1, 0.15) is 12.4 Å². The molecule has 146 valence electrons. The lowest BCUT2D eigenvalue weighted by Crippen LogP contribution is -2.10. The summed E-state index contributed by atoms with van der Waals surface area (Å²) < 4.78 is 11.1. The predicted molar refractivity (Wildman–Crippen MR) is 113 cm³/mol. The molecule has 1 N–H and O–H groups in total. The minimum Gasteiger partial charge on any atom is -0.473 e. The van der Waals surface area contributed by atoms with Gasteiger partial charge in [-0.15, -0.1) is 0 Å². The molecule has 3 aromatic rings. The molecule has 28 heavy (non-hydrogen) atoms. The van der Waals surface area contributed by atoms with Crippen LogP contribution in [-0.4, -0.2) is 33.9 Å². The van der Waals surface area contributed by atoms with Crippen LogP contribution >= 0.6 is 11.8 Å². The third-order valence-corrected chi connectivity index (χ3v) is 4.87. The molecule has 6 nitrogen and oxygen atoms in total. The Kier molecular flexibility index (Phi) is 7.49. The van der Waals surface area contributed by atoms with Crippen LogP contribution in [0.5, 0.6) is 5.88 Å². The van der Waals surface area contributed by atoms with E-state index in [1.54, 1.807) is 24.1 Å². The van der Waals surface area contributed by atoms with Crippen LogP contribution in [0.2, 0.25) is 0 Å². The van der Waals surface area contributed by atoms with Gasteiger partial charge < -0.3 is 14.5 Å². The van der Waals surface area contributed by atoms with E-state index in [1.807, 2.05) is 37.5 Å². The minimum atomic E-state index is 0.397. The molecular weight excluding hydrogens is 372 g/mol. The Morgan fingerprint density at radius 3 is 2.93 bits per heavy atom. The van der Waals surface area contributed by atoms with E-state index < -0.39 is 0 Å². The second-order valence-electron chi connectivity index (χ2n) is 6.17. The standard InChI is InChI=1S/C21H24N4O2S/c1-3-9-27-20-18(12-17-7-6-16(2)23-13-17)14-24-21(25-20)22-8-11-28-15-19-5-4-10-26-19/h3-7,10,13-14H,1,8-9,11-12,15H2,2H3,(H,22,24,25). The highest BCUT2D eigenvalue weighted by Crippen LogP contribution is 2.20. The number of aryl methyl sites for hydroxylation is 1. The Morgan fingerprint density at radius 2 is 2.18 bits per heavy atom. The number of nitrogens with one attached hydrogen (secondary N) is 1. The van der Waals surface area contributed by atoms with Gasteiger partial charge in [-0.05, 0) is 30.7 Å². The average molecular weight is 397 g/mol. The first kappa shape index (κ1) is 19.9. The molecule has 0 aliphatic heterocycles. The molecule has 7 heteroatoms. The van der Waals surface area contributed by atoms with Crippen LogP contribution in [-0.2, 0) is 12.2 Å². The van der Waals surface area contributed by atoms with Crippen molar-refractivity contribution < 1.29 is 9.15 Å². The average Bonchev–Trinajstić information content (AvgIpc) is 3.23. The van der Waals surface area contributed by atoms with Gasteiger partial charge in [0.15, 0.2) is 0 Å². The van der Waals surface area contributed by atoms with E-state index in [0.29, 0.717) is 24.9 Å². The summed E-state index contributed by atoms with van der Waals surface area (Å²) in [6.07, 6.45) is 7.75. The second-order valence-corrected chi connectivity index (χ2v) is 7.27. The molecule has 0 aromatic carbocycles. The Bertz CT molecular complexity index is 867. The maximum absolute atomic E-state index is 5.75. The molecule has 0 aliphatic rings. The first-order chi connectivity index (χ1) is 13.7. The largest absolute Gasteiger partial charge is 0.473 e. The van der Waals surface area contributed by atoms with Crippen molar-refractivity contribution in [2.75, 3.05) is 24.2 Å². The van der Waals surface area contributed by atoms with Crippen LogP contribution in [0.25, 0.3) is 0 Å². The quantitative estimate of drug-likeness (QED) is 0.383. The van der Waals surface area contributed by atoms with Gasteiger partial charge in [-0.1, -0.05) is 18.7 Å². The number of aromatic nitrogens is 3. The van der Waals surface area contributed by atoms with Crippen LogP contribution in [0, 0.1) is 6.92 Å². The number of ether oxygens (including phenoxy) is 1.